The molecule has 0 radical (unpaired) electrons. The summed E-state index contributed by atoms with van der Waals surface area (Å²) in [4.78, 5) is 31.1. The van der Waals surface area contributed by atoms with Crippen molar-refractivity contribution >= 4 is 58.5 Å². The third kappa shape index (κ3) is 9.23. The van der Waals surface area contributed by atoms with Gasteiger partial charge >= 0.3 is 7.12 Å². The Balaban J connectivity index is 0.000000146. The van der Waals surface area contributed by atoms with Gasteiger partial charge in [-0.1, -0.05) is 30.2 Å². The van der Waals surface area contributed by atoms with Gasteiger partial charge in [-0.3, -0.25) is 4.98 Å². The molecule has 0 amide bonds. The van der Waals surface area contributed by atoms with Crippen LogP contribution >= 0.6 is 11.6 Å². The molecule has 3 aliphatic rings. The van der Waals surface area contributed by atoms with Gasteiger partial charge in [0.15, 0.2) is 11.6 Å². The van der Waals surface area contributed by atoms with Crippen LogP contribution in [0.1, 0.15) is 44.4 Å². The number of morpholine rings is 2. The first-order valence-electron chi connectivity index (χ1n) is 16.2. The Kier molecular flexibility index (Phi) is 11.9. The fourth-order valence-electron chi connectivity index (χ4n) is 5.79. The molecule has 7 rings (SSSR count). The topological polar surface area (TPSA) is 121 Å². The first kappa shape index (κ1) is 35.6. The Morgan fingerprint density at radius 3 is 1.85 bits per heavy atom. The number of pyridine rings is 2. The van der Waals surface area contributed by atoms with Crippen LogP contribution in [0, 0.1) is 13.8 Å². The summed E-state index contributed by atoms with van der Waals surface area (Å²) in [6.07, 6.45) is 6.42. The van der Waals surface area contributed by atoms with Gasteiger partial charge in [-0.15, -0.1) is 6.58 Å². The second kappa shape index (κ2) is 16.1. The molecule has 4 aromatic heterocycles. The van der Waals surface area contributed by atoms with Crippen molar-refractivity contribution in [3.05, 3.63) is 65.9 Å². The van der Waals surface area contributed by atoms with Crippen molar-refractivity contribution in [3.63, 3.8) is 0 Å². The number of halogens is 1. The molecule has 3 saturated heterocycles. The molecule has 0 N–H and O–H groups in total. The Morgan fingerprint density at radius 1 is 0.833 bits per heavy atom. The molecule has 1 unspecified atom stereocenters. The number of aromatic nitrogens is 6. The zero-order valence-electron chi connectivity index (χ0n) is 28.5. The van der Waals surface area contributed by atoms with E-state index in [9.17, 15) is 0 Å². The van der Waals surface area contributed by atoms with E-state index < -0.39 is 0 Å². The van der Waals surface area contributed by atoms with E-state index in [2.05, 4.69) is 73.6 Å². The molecule has 12 nitrogen and oxygen atoms in total. The van der Waals surface area contributed by atoms with Gasteiger partial charge in [-0.25, -0.2) is 24.9 Å². The highest BCUT2D eigenvalue weighted by molar-refractivity contribution is 6.50. The Labute approximate surface area is 287 Å². The van der Waals surface area contributed by atoms with Crippen LogP contribution < -0.4 is 9.80 Å². The number of hydrogen-bond acceptors (Lipinski definition) is 12. The largest absolute Gasteiger partial charge is 0.486 e. The first-order valence-corrected chi connectivity index (χ1v) is 16.6. The van der Waals surface area contributed by atoms with Gasteiger partial charge in [-0.05, 0) is 58.7 Å². The zero-order chi connectivity index (χ0) is 34.3. The number of fused-ring (bicyclic) bond motifs is 2. The maximum Gasteiger partial charge on any atom is 0.486 e. The van der Waals surface area contributed by atoms with Crippen molar-refractivity contribution < 1.29 is 18.8 Å². The highest BCUT2D eigenvalue weighted by atomic mass is 35.5. The molecule has 3 aliphatic heterocycles. The minimum absolute atomic E-state index is 0.0729. The van der Waals surface area contributed by atoms with E-state index >= 15 is 0 Å². The van der Waals surface area contributed by atoms with Crippen LogP contribution in [0.2, 0.25) is 5.02 Å². The SMILES string of the molecule is C=CB1OC(C)CC(C)(C)O1.C=Cc1cnc2c(N3CCOCC3)nc(C)nc2c1.Cc1nc(N2CCOCC2)c2ncc(Cl)cc2n1. The van der Waals surface area contributed by atoms with E-state index in [-0.39, 0.29) is 18.8 Å². The standard InChI is InChI=1S/C14H16N4O.C12H13ClN4O.C8H15BO2/c1-3-11-8-12-13(15-9-11)14(17-10(2)16-12)18-4-6-19-7-5-18;1-8-15-10-6-9(13)7-14-11(10)12(16-8)17-2-4-18-5-3-17;1-5-9-10-7(2)6-8(3,4)11-9/h3,8-9H,1,4-7H2,2H3;6-7H,2-5H2,1H3;5,7H,1,6H2,2-4H3. The summed E-state index contributed by atoms with van der Waals surface area (Å²) in [6, 6.07) is 3.82. The predicted octanol–water partition coefficient (Wildman–Crippen LogP) is 5.44. The lowest BCUT2D eigenvalue weighted by atomic mass is 9.83. The molecular weight excluding hydrogens is 631 g/mol. The van der Waals surface area contributed by atoms with Crippen molar-refractivity contribution in [2.75, 3.05) is 62.4 Å². The number of anilines is 2. The monoisotopic (exact) mass is 674 g/mol. The summed E-state index contributed by atoms with van der Waals surface area (Å²) < 4.78 is 21.7. The molecule has 0 aliphatic carbocycles. The molecule has 7 heterocycles. The van der Waals surface area contributed by atoms with Crippen LogP contribution in [-0.4, -0.2) is 101 Å². The van der Waals surface area contributed by atoms with E-state index in [4.69, 9.17) is 30.4 Å². The number of aryl methyl sites for hydroxylation is 2. The van der Waals surface area contributed by atoms with E-state index in [0.29, 0.717) is 5.02 Å². The highest BCUT2D eigenvalue weighted by Gasteiger charge is 2.34. The Morgan fingerprint density at radius 2 is 1.35 bits per heavy atom. The maximum absolute atomic E-state index is 5.95. The van der Waals surface area contributed by atoms with Gasteiger partial charge in [0.2, 0.25) is 0 Å². The average molecular weight is 675 g/mol. The summed E-state index contributed by atoms with van der Waals surface area (Å²) in [7, 11) is -0.228. The predicted molar refractivity (Wildman–Crippen MR) is 192 cm³/mol. The van der Waals surface area contributed by atoms with Gasteiger partial charge in [0.05, 0.1) is 48.1 Å². The molecule has 0 spiro atoms. The lowest BCUT2D eigenvalue weighted by Crippen LogP contribution is -2.44. The Bertz CT molecular complexity index is 1730. The smallest absolute Gasteiger partial charge is 0.405 e. The normalized spacial score (nSPS) is 19.2. The molecule has 0 saturated carbocycles. The molecular formula is C34H44BClN8O4. The fraction of sp³-hybridized carbons (Fsp3) is 0.471. The summed E-state index contributed by atoms with van der Waals surface area (Å²) >= 11 is 5.95. The third-order valence-corrected chi connectivity index (χ3v) is 8.08. The molecule has 0 aromatic carbocycles. The second-order valence-electron chi connectivity index (χ2n) is 12.4. The van der Waals surface area contributed by atoms with Gasteiger partial charge in [0.25, 0.3) is 0 Å². The summed E-state index contributed by atoms with van der Waals surface area (Å²) in [6.45, 7) is 23.6. The maximum atomic E-state index is 5.95. The fourth-order valence-corrected chi connectivity index (χ4v) is 5.94. The number of nitrogens with zero attached hydrogens (tertiary/aromatic N) is 8. The van der Waals surface area contributed by atoms with Crippen LogP contribution in [0.5, 0.6) is 0 Å². The molecule has 1 atom stereocenters. The van der Waals surface area contributed by atoms with E-state index in [1.165, 1.54) is 0 Å². The number of rotatable bonds is 4. The van der Waals surface area contributed by atoms with E-state index in [1.54, 1.807) is 24.4 Å². The van der Waals surface area contributed by atoms with Crippen molar-refractivity contribution in [1.29, 1.82) is 0 Å². The summed E-state index contributed by atoms with van der Waals surface area (Å²) in [5.41, 5.74) is 4.20. The summed E-state index contributed by atoms with van der Waals surface area (Å²) in [5, 5.41) is 0.591. The van der Waals surface area contributed by atoms with Crippen LogP contribution in [0.4, 0.5) is 11.6 Å². The molecule has 48 heavy (non-hydrogen) atoms. The minimum Gasteiger partial charge on any atom is -0.405 e. The van der Waals surface area contributed by atoms with Crippen LogP contribution in [0.15, 0.2) is 43.7 Å². The molecule has 0 bridgehead atoms. The molecule has 14 heteroatoms. The minimum atomic E-state index is -0.228. The van der Waals surface area contributed by atoms with E-state index in [0.717, 1.165) is 110 Å². The van der Waals surface area contributed by atoms with E-state index in [1.807, 2.05) is 26.0 Å². The molecule has 4 aromatic rings. The molecule has 3 fully saturated rings. The quantitative estimate of drug-likeness (QED) is 0.256. The number of hydrogen-bond donors (Lipinski definition) is 0. The van der Waals surface area contributed by atoms with Crippen molar-refractivity contribution in [2.24, 2.45) is 0 Å². The van der Waals surface area contributed by atoms with Crippen LogP contribution in [0.3, 0.4) is 0 Å². The number of ether oxygens (including phenoxy) is 2. The highest BCUT2D eigenvalue weighted by Crippen LogP contribution is 2.27. The zero-order valence-corrected chi connectivity index (χ0v) is 29.2. The second-order valence-corrected chi connectivity index (χ2v) is 12.8. The van der Waals surface area contributed by atoms with Gasteiger partial charge in [0, 0.05) is 44.7 Å². The lowest BCUT2D eigenvalue weighted by Gasteiger charge is -2.37. The lowest BCUT2D eigenvalue weighted by molar-refractivity contribution is -0.0236. The van der Waals surface area contributed by atoms with Crippen LogP contribution in [0.25, 0.3) is 28.1 Å². The van der Waals surface area contributed by atoms with Gasteiger partial charge < -0.3 is 28.6 Å². The van der Waals surface area contributed by atoms with Crippen molar-refractivity contribution in [1.82, 2.24) is 29.9 Å². The van der Waals surface area contributed by atoms with Crippen LogP contribution in [-0.2, 0) is 18.8 Å². The third-order valence-electron chi connectivity index (χ3n) is 7.88. The average Bonchev–Trinajstić information content (AvgIpc) is 3.07. The van der Waals surface area contributed by atoms with Crippen molar-refractivity contribution in [2.45, 2.75) is 52.7 Å². The molecule has 254 valence electrons. The van der Waals surface area contributed by atoms with Gasteiger partial charge in [0.1, 0.15) is 22.7 Å². The Hall–Kier alpha value is -3.75. The van der Waals surface area contributed by atoms with Gasteiger partial charge in [-0.2, -0.15) is 0 Å². The first-order chi connectivity index (χ1) is 23.0. The summed E-state index contributed by atoms with van der Waals surface area (Å²) in [5.74, 6) is 4.96. The van der Waals surface area contributed by atoms with Crippen molar-refractivity contribution in [3.8, 4) is 0 Å².